The van der Waals surface area contributed by atoms with E-state index in [-0.39, 0.29) is 0 Å². The summed E-state index contributed by atoms with van der Waals surface area (Å²) in [7, 11) is 3.28. The zero-order chi connectivity index (χ0) is 18.5. The number of hydrogen-bond donors (Lipinski definition) is 1. The normalized spacial score (nSPS) is 15.5. The lowest BCUT2D eigenvalue weighted by atomic mass is 10.2. The van der Waals surface area contributed by atoms with Crippen LogP contribution in [0.2, 0.25) is 0 Å². The zero-order valence-corrected chi connectivity index (χ0v) is 15.3. The Labute approximate surface area is 154 Å². The maximum Gasteiger partial charge on any atom is 0.208 e. The fourth-order valence-electron chi connectivity index (χ4n) is 2.67. The summed E-state index contributed by atoms with van der Waals surface area (Å²) in [6.45, 7) is 6.70. The number of methoxy groups -OCH3 is 2. The number of nitrogens with one attached hydrogen (secondary N) is 1. The van der Waals surface area contributed by atoms with Crippen LogP contribution in [-0.2, 0) is 11.3 Å². The van der Waals surface area contributed by atoms with Crippen LogP contribution >= 0.6 is 0 Å². The molecular weight excluding hydrogens is 326 g/mol. The molecule has 5 heteroatoms. The predicted octanol–water partition coefficient (Wildman–Crippen LogP) is 4.10. The van der Waals surface area contributed by atoms with Crippen LogP contribution in [-0.4, -0.2) is 25.1 Å². The maximum absolute atomic E-state index is 5.41. The molecular formula is C21H23N3O2. The standard InChI is InChI=1S/C21H23N3O2/c1-15-10-11-18(25-3)12-19(15)23-21-22-16(2)20(26-4)14-24(21)13-17-8-6-5-7-9-17/h5-12,14H,2,13H2,1,3-4H3,(H,22,23). The Bertz CT molecular complexity index is 857. The molecule has 1 aliphatic rings. The van der Waals surface area contributed by atoms with E-state index in [1.807, 2.05) is 54.4 Å². The molecule has 2 aromatic rings. The van der Waals surface area contributed by atoms with Gasteiger partial charge in [-0.2, -0.15) is 0 Å². The number of benzene rings is 2. The number of nitrogens with zero attached hydrogens (tertiary/aromatic N) is 2. The molecule has 0 radical (unpaired) electrons. The smallest absolute Gasteiger partial charge is 0.208 e. The first-order valence-corrected chi connectivity index (χ1v) is 8.36. The molecule has 5 nitrogen and oxygen atoms in total. The van der Waals surface area contributed by atoms with Crippen molar-refractivity contribution in [3.63, 3.8) is 0 Å². The van der Waals surface area contributed by atoms with E-state index in [9.17, 15) is 0 Å². The van der Waals surface area contributed by atoms with Crippen molar-refractivity contribution in [3.8, 4) is 5.75 Å². The Morgan fingerprint density at radius 2 is 1.85 bits per heavy atom. The van der Waals surface area contributed by atoms with Crippen molar-refractivity contribution in [3.05, 3.63) is 83.9 Å². The molecule has 0 fully saturated rings. The lowest BCUT2D eigenvalue weighted by Crippen LogP contribution is -2.41. The average Bonchev–Trinajstić information content (AvgIpc) is 2.66. The van der Waals surface area contributed by atoms with Crippen LogP contribution in [0.5, 0.6) is 5.75 Å². The van der Waals surface area contributed by atoms with Crippen LogP contribution in [0.3, 0.4) is 0 Å². The number of aliphatic imine (C=N–C) groups is 1. The molecule has 134 valence electrons. The highest BCUT2D eigenvalue weighted by Gasteiger charge is 2.21. The molecule has 0 saturated carbocycles. The summed E-state index contributed by atoms with van der Waals surface area (Å²) in [4.78, 5) is 6.83. The van der Waals surface area contributed by atoms with Crippen LogP contribution in [0, 0.1) is 6.92 Å². The van der Waals surface area contributed by atoms with E-state index >= 15 is 0 Å². The van der Waals surface area contributed by atoms with E-state index in [2.05, 4.69) is 24.0 Å². The summed E-state index contributed by atoms with van der Waals surface area (Å²) >= 11 is 0. The highest BCUT2D eigenvalue weighted by atomic mass is 16.5. The van der Waals surface area contributed by atoms with Crippen LogP contribution in [0.4, 0.5) is 5.69 Å². The quantitative estimate of drug-likeness (QED) is 0.883. The molecule has 0 spiro atoms. The fourth-order valence-corrected chi connectivity index (χ4v) is 2.67. The van der Waals surface area contributed by atoms with Gasteiger partial charge in [-0.1, -0.05) is 43.0 Å². The Morgan fingerprint density at radius 3 is 2.54 bits per heavy atom. The molecule has 0 aliphatic carbocycles. The Morgan fingerprint density at radius 1 is 1.08 bits per heavy atom. The van der Waals surface area contributed by atoms with Crippen molar-refractivity contribution in [2.75, 3.05) is 14.2 Å². The highest BCUT2D eigenvalue weighted by Crippen LogP contribution is 2.26. The molecule has 1 heterocycles. The minimum atomic E-state index is 0.663. The highest BCUT2D eigenvalue weighted by molar-refractivity contribution is 5.87. The minimum absolute atomic E-state index is 0.663. The molecule has 3 rings (SSSR count). The number of rotatable bonds is 5. The van der Waals surface area contributed by atoms with E-state index < -0.39 is 0 Å². The molecule has 0 atom stereocenters. The monoisotopic (exact) mass is 349 g/mol. The van der Waals surface area contributed by atoms with Crippen molar-refractivity contribution in [2.24, 2.45) is 4.99 Å². The molecule has 0 amide bonds. The van der Waals surface area contributed by atoms with Crippen molar-refractivity contribution in [1.29, 1.82) is 0 Å². The van der Waals surface area contributed by atoms with Crippen LogP contribution in [0.15, 0.2) is 77.8 Å². The molecule has 26 heavy (non-hydrogen) atoms. The summed E-state index contributed by atoms with van der Waals surface area (Å²) in [5.74, 6) is 2.14. The van der Waals surface area contributed by atoms with Crippen LogP contribution in [0.1, 0.15) is 11.1 Å². The van der Waals surface area contributed by atoms with Gasteiger partial charge in [-0.25, -0.2) is 4.99 Å². The fraction of sp³-hybridized carbons (Fsp3) is 0.190. The summed E-state index contributed by atoms with van der Waals surface area (Å²) in [5.41, 5.74) is 3.75. The minimum Gasteiger partial charge on any atom is -0.497 e. The van der Waals surface area contributed by atoms with Gasteiger partial charge in [0.25, 0.3) is 0 Å². The molecule has 1 aliphatic heterocycles. The first kappa shape index (κ1) is 17.6. The van der Waals surface area contributed by atoms with Crippen LogP contribution < -0.4 is 10.1 Å². The van der Waals surface area contributed by atoms with Gasteiger partial charge in [0.2, 0.25) is 5.96 Å². The number of ether oxygens (including phenoxy) is 2. The van der Waals surface area contributed by atoms with Crippen molar-refractivity contribution >= 4 is 11.6 Å². The summed E-state index contributed by atoms with van der Waals surface area (Å²) < 4.78 is 10.7. The second kappa shape index (κ2) is 7.78. The third-order valence-corrected chi connectivity index (χ3v) is 4.16. The van der Waals surface area contributed by atoms with Gasteiger partial charge in [0.15, 0.2) is 5.76 Å². The molecule has 0 bridgehead atoms. The van der Waals surface area contributed by atoms with Gasteiger partial charge in [0.1, 0.15) is 5.75 Å². The number of hydrogen-bond acceptors (Lipinski definition) is 3. The number of aryl methyl sites for hydroxylation is 1. The Hall–Kier alpha value is -3.21. The second-order valence-electron chi connectivity index (χ2n) is 6.00. The van der Waals surface area contributed by atoms with Gasteiger partial charge >= 0.3 is 0 Å². The molecule has 1 N–H and O–H groups in total. The lowest BCUT2D eigenvalue weighted by Gasteiger charge is -2.30. The SMILES string of the molecule is C=C1NC(=Nc2cc(OC)ccc2C)N(Cc2ccccc2)C=C1OC. The molecule has 0 unspecified atom stereocenters. The third-order valence-electron chi connectivity index (χ3n) is 4.16. The topological polar surface area (TPSA) is 46.1 Å². The molecule has 0 aromatic heterocycles. The number of guanidine groups is 1. The van der Waals surface area contributed by atoms with Gasteiger partial charge in [0, 0.05) is 6.07 Å². The van der Waals surface area contributed by atoms with Crippen molar-refractivity contribution in [1.82, 2.24) is 10.2 Å². The van der Waals surface area contributed by atoms with E-state index in [1.54, 1.807) is 14.2 Å². The van der Waals surface area contributed by atoms with Gasteiger partial charge in [-0.05, 0) is 24.1 Å². The van der Waals surface area contributed by atoms with Gasteiger partial charge in [-0.3, -0.25) is 0 Å². The second-order valence-corrected chi connectivity index (χ2v) is 6.00. The van der Waals surface area contributed by atoms with Crippen molar-refractivity contribution < 1.29 is 9.47 Å². The summed E-state index contributed by atoms with van der Waals surface area (Å²) in [6, 6.07) is 16.1. The van der Waals surface area contributed by atoms with E-state index in [0.717, 1.165) is 17.0 Å². The predicted molar refractivity (Wildman–Crippen MR) is 104 cm³/mol. The van der Waals surface area contributed by atoms with E-state index in [0.29, 0.717) is 24.0 Å². The third kappa shape index (κ3) is 3.88. The van der Waals surface area contributed by atoms with Gasteiger partial charge < -0.3 is 19.7 Å². The van der Waals surface area contributed by atoms with Gasteiger partial charge in [-0.15, -0.1) is 0 Å². The molecule has 2 aromatic carbocycles. The van der Waals surface area contributed by atoms with E-state index in [4.69, 9.17) is 14.5 Å². The van der Waals surface area contributed by atoms with Crippen molar-refractivity contribution in [2.45, 2.75) is 13.5 Å². The largest absolute Gasteiger partial charge is 0.497 e. The zero-order valence-electron chi connectivity index (χ0n) is 15.3. The summed E-state index contributed by atoms with van der Waals surface area (Å²) in [5, 5.41) is 3.25. The van der Waals surface area contributed by atoms with Gasteiger partial charge in [0.05, 0.1) is 38.3 Å². The molecule has 0 saturated heterocycles. The maximum atomic E-state index is 5.41. The first-order chi connectivity index (χ1) is 12.6. The Balaban J connectivity index is 1.99. The average molecular weight is 349 g/mol. The lowest BCUT2D eigenvalue weighted by molar-refractivity contribution is 0.282. The van der Waals surface area contributed by atoms with E-state index in [1.165, 1.54) is 5.56 Å². The van der Waals surface area contributed by atoms with Crippen LogP contribution in [0.25, 0.3) is 0 Å². The first-order valence-electron chi connectivity index (χ1n) is 8.36. The Kier molecular flexibility index (Phi) is 5.27. The summed E-state index contributed by atoms with van der Waals surface area (Å²) in [6.07, 6.45) is 1.92.